The van der Waals surface area contributed by atoms with Gasteiger partial charge in [-0.15, -0.1) is 0 Å². The molecule has 0 aromatic carbocycles. The van der Waals surface area contributed by atoms with Crippen LogP contribution in [0.2, 0.25) is 0 Å². The molecular weight excluding hydrogens is 578 g/mol. The molecule has 3 nitrogen and oxygen atoms in total. The molecule has 1 aliphatic carbocycles. The molecule has 0 spiro atoms. The van der Waals surface area contributed by atoms with Crippen LogP contribution in [0.3, 0.4) is 0 Å². The molecule has 1 amide bonds. The molecule has 1 saturated heterocycles. The van der Waals surface area contributed by atoms with Crippen LogP contribution >= 0.6 is 0 Å². The third kappa shape index (κ3) is 14.4. The third-order valence-electron chi connectivity index (χ3n) is 4.65. The Morgan fingerprint density at radius 1 is 0.957 bits per heavy atom. The number of hydrogen-bond acceptors (Lipinski definition) is 2. The maximum atomic E-state index is 11.3. The van der Waals surface area contributed by atoms with Crippen LogP contribution in [0.1, 0.15) is 52.4 Å². The van der Waals surface area contributed by atoms with Crippen LogP contribution in [-0.2, 0) is 4.79 Å². The molecule has 0 radical (unpaired) electrons. The van der Waals surface area contributed by atoms with E-state index in [1.54, 1.807) is 6.92 Å². The molecule has 2 aliphatic rings. The second-order valence-corrected chi connectivity index (χ2v) is 6.16. The number of amides is 1. The second kappa shape index (κ2) is 20.5. The van der Waals surface area contributed by atoms with Crippen LogP contribution in [-0.4, -0.2) is 35.3 Å². The van der Waals surface area contributed by atoms with Crippen molar-refractivity contribution in [3.8, 4) is 0 Å². The average Bonchev–Trinajstić information content (AvgIpc) is 2.42. The van der Waals surface area contributed by atoms with Crippen molar-refractivity contribution in [2.75, 3.05) is 19.6 Å². The second-order valence-electron chi connectivity index (χ2n) is 6.16. The van der Waals surface area contributed by atoms with E-state index in [4.69, 9.17) is 0 Å². The summed E-state index contributed by atoms with van der Waals surface area (Å²) in [5, 5.41) is 0. The van der Waals surface area contributed by atoms with Gasteiger partial charge in [0.25, 0.3) is 0 Å². The molecule has 0 N–H and O–H groups in total. The Labute approximate surface area is 339 Å². The van der Waals surface area contributed by atoms with Gasteiger partial charge in [0.05, 0.1) is 0 Å². The maximum Gasteiger partial charge on any atom is 1.00 e. The summed E-state index contributed by atoms with van der Waals surface area (Å²) in [6.45, 7) is 11.0. The molecule has 0 bridgehead atoms. The standard InChI is InChI=1S/C16H28N2O.4Rb/c1-3-4-15-5-7-16(8-6-15)13-17-9-11-18(12-10-17)14(2)19;;;;/h9-10,15-16H,3-8,11-13H2,1-2H3;;;;/q-2;4*+1. The molecular formula is C16H28N2ORb4+2. The molecule has 0 aromatic rings. The van der Waals surface area contributed by atoms with Crippen molar-refractivity contribution in [2.24, 2.45) is 11.8 Å². The minimum atomic E-state index is 0. The first-order valence-corrected chi connectivity index (χ1v) is 7.87. The fourth-order valence-electron chi connectivity index (χ4n) is 3.37. The van der Waals surface area contributed by atoms with Crippen LogP contribution in [0, 0.1) is 24.9 Å². The zero-order valence-corrected chi connectivity index (χ0v) is 36.1. The Kier molecular flexibility index (Phi) is 30.6. The van der Waals surface area contributed by atoms with Crippen LogP contribution in [0.15, 0.2) is 0 Å². The van der Waals surface area contributed by atoms with Gasteiger partial charge in [-0.05, 0) is 24.7 Å². The topological polar surface area (TPSA) is 23.6 Å². The van der Waals surface area contributed by atoms with Gasteiger partial charge in [-0.25, -0.2) is 0 Å². The number of carbonyl (C=O) groups excluding carboxylic acids is 1. The summed E-state index contributed by atoms with van der Waals surface area (Å²) in [4.78, 5) is 15.5. The largest absolute Gasteiger partial charge is 1.00 e. The van der Waals surface area contributed by atoms with Gasteiger partial charge in [-0.1, -0.05) is 52.2 Å². The van der Waals surface area contributed by atoms with Crippen LogP contribution < -0.4 is 233 Å². The smallest absolute Gasteiger partial charge is 0.602 e. The molecule has 110 valence electrons. The van der Waals surface area contributed by atoms with Gasteiger partial charge in [0.1, 0.15) is 0 Å². The molecule has 23 heavy (non-hydrogen) atoms. The molecule has 1 aliphatic heterocycles. The summed E-state index contributed by atoms with van der Waals surface area (Å²) in [6, 6.07) is 0. The molecule has 2 rings (SSSR count). The summed E-state index contributed by atoms with van der Waals surface area (Å²) < 4.78 is 0. The fraction of sp³-hybridized carbons (Fsp3) is 0.812. The summed E-state index contributed by atoms with van der Waals surface area (Å²) >= 11 is 0. The molecule has 0 unspecified atom stereocenters. The van der Waals surface area contributed by atoms with Gasteiger partial charge in [-0.3, -0.25) is 17.9 Å². The Bertz CT molecular complexity index is 292. The van der Waals surface area contributed by atoms with Crippen molar-refractivity contribution in [3.05, 3.63) is 13.1 Å². The first-order chi connectivity index (χ1) is 9.19. The van der Waals surface area contributed by atoms with Crippen LogP contribution in [0.4, 0.5) is 0 Å². The first-order valence-electron chi connectivity index (χ1n) is 7.87. The first kappa shape index (κ1) is 34.3. The number of carbonyl (C=O) groups is 1. The molecule has 0 atom stereocenters. The fourth-order valence-corrected chi connectivity index (χ4v) is 3.37. The van der Waals surface area contributed by atoms with Crippen molar-refractivity contribution in [3.63, 3.8) is 0 Å². The van der Waals surface area contributed by atoms with Gasteiger partial charge in [0, 0.05) is 6.92 Å². The van der Waals surface area contributed by atoms with E-state index in [0.29, 0.717) is 0 Å². The Hall–Kier alpha value is 6.65. The summed E-state index contributed by atoms with van der Waals surface area (Å²) in [5.41, 5.74) is 0. The van der Waals surface area contributed by atoms with Crippen molar-refractivity contribution in [1.82, 2.24) is 9.80 Å². The maximum absolute atomic E-state index is 11.3. The van der Waals surface area contributed by atoms with Crippen molar-refractivity contribution >= 4 is 5.91 Å². The predicted octanol–water partition coefficient (Wildman–Crippen LogP) is -8.90. The summed E-state index contributed by atoms with van der Waals surface area (Å²) in [7, 11) is 0. The molecule has 0 aromatic heterocycles. The molecule has 1 heterocycles. The van der Waals surface area contributed by atoms with E-state index in [2.05, 4.69) is 24.9 Å². The number of nitrogens with zero attached hydrogens (tertiary/aromatic N) is 2. The van der Waals surface area contributed by atoms with E-state index < -0.39 is 0 Å². The number of hydrogen-bond donors (Lipinski definition) is 0. The predicted molar refractivity (Wildman–Crippen MR) is 77.9 cm³/mol. The zero-order chi connectivity index (χ0) is 13.7. The SMILES string of the molecule is CCCC1CCC(CN2[CH-]CN(C(C)=O)C[CH-]2)CC1.[Rb+].[Rb+].[Rb+].[Rb+]. The third-order valence-corrected chi connectivity index (χ3v) is 4.65. The quantitative estimate of drug-likeness (QED) is 0.298. The number of piperazine rings is 1. The Balaban J connectivity index is -0.000001000. The summed E-state index contributed by atoms with van der Waals surface area (Å²) in [6.07, 6.45) is 8.38. The van der Waals surface area contributed by atoms with E-state index >= 15 is 0 Å². The van der Waals surface area contributed by atoms with Crippen LogP contribution in [0.5, 0.6) is 0 Å². The van der Waals surface area contributed by atoms with Gasteiger partial charge >= 0.3 is 233 Å². The Morgan fingerprint density at radius 3 is 1.87 bits per heavy atom. The molecule has 1 saturated carbocycles. The van der Waals surface area contributed by atoms with Crippen molar-refractivity contribution < 1.29 is 238 Å². The minimum Gasteiger partial charge on any atom is -0.602 e. The van der Waals surface area contributed by atoms with Crippen molar-refractivity contribution in [2.45, 2.75) is 52.4 Å². The van der Waals surface area contributed by atoms with Gasteiger partial charge in [-0.2, -0.15) is 0 Å². The van der Waals surface area contributed by atoms with E-state index in [0.717, 1.165) is 31.5 Å². The minimum absolute atomic E-state index is 0. The monoisotopic (exact) mass is 604 g/mol. The van der Waals surface area contributed by atoms with E-state index in [1.807, 2.05) is 4.90 Å². The average molecular weight is 606 g/mol. The van der Waals surface area contributed by atoms with E-state index in [-0.39, 0.29) is 239 Å². The van der Waals surface area contributed by atoms with Crippen LogP contribution in [0.25, 0.3) is 0 Å². The van der Waals surface area contributed by atoms with E-state index in [9.17, 15) is 4.79 Å². The number of rotatable bonds is 4. The Morgan fingerprint density at radius 2 is 1.43 bits per heavy atom. The molecule has 2 fully saturated rings. The van der Waals surface area contributed by atoms with Gasteiger partial charge in [0.2, 0.25) is 5.91 Å². The summed E-state index contributed by atoms with van der Waals surface area (Å²) in [5.74, 6) is 2.01. The normalized spacial score (nSPS) is 24.3. The van der Waals surface area contributed by atoms with Crippen molar-refractivity contribution in [1.29, 1.82) is 0 Å². The van der Waals surface area contributed by atoms with E-state index in [1.165, 1.54) is 38.5 Å². The van der Waals surface area contributed by atoms with Gasteiger partial charge < -0.3 is 9.80 Å². The van der Waals surface area contributed by atoms with Gasteiger partial charge in [0.15, 0.2) is 0 Å². The zero-order valence-electron chi connectivity index (χ0n) is 16.5. The molecule has 7 heteroatoms.